The fourth-order valence-electron chi connectivity index (χ4n) is 10.2. The van der Waals surface area contributed by atoms with Crippen molar-refractivity contribution in [2.45, 2.75) is 195 Å². The van der Waals surface area contributed by atoms with E-state index in [-0.39, 0.29) is 55.8 Å². The Kier molecular flexibility index (Phi) is 35.9. The van der Waals surface area contributed by atoms with Crippen LogP contribution in [0.1, 0.15) is 134 Å². The molecule has 1 aliphatic heterocycles. The van der Waals surface area contributed by atoms with Crippen LogP contribution < -0.4 is 0 Å². The molecule has 1 heterocycles. The summed E-state index contributed by atoms with van der Waals surface area (Å²) in [5.41, 5.74) is 1.07. The Morgan fingerprint density at radius 1 is 0.756 bits per heavy atom. The van der Waals surface area contributed by atoms with E-state index in [4.69, 9.17) is 42.6 Å². The zero-order chi connectivity index (χ0) is 62.4. The van der Waals surface area contributed by atoms with Gasteiger partial charge in [-0.25, -0.2) is 4.79 Å². The number of methoxy groups -OCH3 is 3. The van der Waals surface area contributed by atoms with E-state index >= 15 is 0 Å². The highest BCUT2D eigenvalue weighted by Gasteiger charge is 2.39. The average Bonchev–Trinajstić information content (AvgIpc) is 3.41. The van der Waals surface area contributed by atoms with Crippen LogP contribution in [-0.4, -0.2) is 181 Å². The predicted molar refractivity (Wildman–Crippen MR) is 316 cm³/mol. The highest BCUT2D eigenvalue weighted by atomic mass is 16.6. The third-order valence-corrected chi connectivity index (χ3v) is 15.7. The highest BCUT2D eigenvalue weighted by Crippen LogP contribution is 2.33. The number of ether oxygens (including phenoxy) is 9. The van der Waals surface area contributed by atoms with Crippen LogP contribution in [0.5, 0.6) is 0 Å². The van der Waals surface area contributed by atoms with Gasteiger partial charge in [0, 0.05) is 97.9 Å². The monoisotopic (exact) mass is 1160 g/mol. The molecule has 1 aliphatic rings. The number of carbonyl (C=O) groups excluding carboxylic acids is 7. The van der Waals surface area contributed by atoms with E-state index in [0.717, 1.165) is 12.0 Å². The molecular weight excluding hydrogens is 1050 g/mol. The van der Waals surface area contributed by atoms with Crippen molar-refractivity contribution in [1.82, 2.24) is 14.7 Å². The lowest BCUT2D eigenvalue weighted by Gasteiger charge is -2.36. The van der Waals surface area contributed by atoms with Crippen molar-refractivity contribution in [3.05, 3.63) is 60.4 Å². The van der Waals surface area contributed by atoms with Crippen molar-refractivity contribution >= 4 is 42.2 Å². The van der Waals surface area contributed by atoms with Crippen LogP contribution in [-0.2, 0) is 76.2 Å². The van der Waals surface area contributed by atoms with Crippen molar-refractivity contribution in [2.75, 3.05) is 63.2 Å². The molecule has 19 heteroatoms. The second-order valence-electron chi connectivity index (χ2n) is 23.1. The number of cyclic esters (lactones) is 1. The van der Waals surface area contributed by atoms with Crippen molar-refractivity contribution in [3.8, 4) is 0 Å². The molecule has 0 aromatic rings. The van der Waals surface area contributed by atoms with E-state index in [0.29, 0.717) is 32.1 Å². The van der Waals surface area contributed by atoms with Crippen LogP contribution in [0.25, 0.3) is 0 Å². The highest BCUT2D eigenvalue weighted by molar-refractivity contribution is 5.82. The average molecular weight is 1160 g/mol. The first-order valence-corrected chi connectivity index (χ1v) is 29.1. The lowest BCUT2D eigenvalue weighted by atomic mass is 9.82. The standard InChI is InChI=1S/C63H105N3O16/c1-40-29-30-41(2)54(76-20)33-31-42(3)60(78-50(11)69)46(7)56(82-63(73)53(38-74-18)65(15)16)26-22-21-23-28-58(71)80-55(27-24-25-52(37-40)75-19)45(6)59(77-49(10)68)43(4)32-34-57(81-62(72)48(9)64(13)14)47(8)61(79-51(12)70)44(5)35-36-66(17)39-67/h21-25,28,30,35-36,39-40,42-48,52-57,59-61H,26-27,29,31-34,37-38H2,1-20H3/b22-21+,25-24+,28-23+,36-35+,41-30+/t40-,42-,43+,44-,45+,46+,47+,48?,52+,53?,54+,55+,56?,57-,59+,60-,61-/m1/s1. The number of rotatable bonds is 25. The molecule has 1 rings (SSSR count). The topological polar surface area (TPSA) is 212 Å². The molecule has 468 valence electrons. The number of hydrogen-bond donors (Lipinski definition) is 0. The first kappa shape index (κ1) is 74.8. The molecule has 0 N–H and O–H groups in total. The Morgan fingerprint density at radius 2 is 1.40 bits per heavy atom. The minimum absolute atomic E-state index is 0.0962. The zero-order valence-corrected chi connectivity index (χ0v) is 53.3. The van der Waals surface area contributed by atoms with Crippen LogP contribution in [0.15, 0.2) is 60.4 Å². The number of hydrogen-bond acceptors (Lipinski definition) is 18. The SMILES string of the molecule is COCC(C(=O)OC1C/C=C/C=C/C(=O)O[C@H]([C@H](C)[C@@H](OC(C)=O)[C@@H](C)CC[C@@H](OC(=O)C(C)N(C)C)[C@H](C)[C@H](OC(C)=O)[C@H](C)/C=C/N(C)C=O)C/C=C/[C@H](OC)C[C@H](C)C/C=C(\C)[C@@H](OC)CC[C@@H](C)[C@@H](OC(C)=O)[C@H]1C)N(C)C. The van der Waals surface area contributed by atoms with E-state index in [2.05, 4.69) is 19.9 Å². The predicted octanol–water partition coefficient (Wildman–Crippen LogP) is 8.88. The summed E-state index contributed by atoms with van der Waals surface area (Å²) in [7, 11) is 13.5. The van der Waals surface area contributed by atoms with Crippen molar-refractivity contribution < 1.29 is 76.2 Å². The van der Waals surface area contributed by atoms with Crippen LogP contribution >= 0.6 is 0 Å². The fraction of sp³-hybridized carbons (Fsp3) is 0.730. The third kappa shape index (κ3) is 27.5. The summed E-state index contributed by atoms with van der Waals surface area (Å²) in [6.07, 6.45) is 15.2. The van der Waals surface area contributed by atoms with Crippen molar-refractivity contribution in [3.63, 3.8) is 0 Å². The number of allylic oxidation sites excluding steroid dienone is 3. The van der Waals surface area contributed by atoms with Crippen LogP contribution in [0.3, 0.4) is 0 Å². The van der Waals surface area contributed by atoms with Crippen molar-refractivity contribution in [1.29, 1.82) is 0 Å². The lowest BCUT2D eigenvalue weighted by Crippen LogP contribution is -2.45. The maximum Gasteiger partial charge on any atom is 0.331 e. The molecule has 0 spiro atoms. The van der Waals surface area contributed by atoms with Gasteiger partial charge in [-0.05, 0) is 104 Å². The summed E-state index contributed by atoms with van der Waals surface area (Å²) >= 11 is 0. The molecule has 82 heavy (non-hydrogen) atoms. The number of amides is 1. The van der Waals surface area contributed by atoms with Crippen LogP contribution in [0, 0.1) is 41.4 Å². The number of carbonyl (C=O) groups is 7. The van der Waals surface area contributed by atoms with Crippen molar-refractivity contribution in [2.24, 2.45) is 41.4 Å². The van der Waals surface area contributed by atoms with Crippen LogP contribution in [0.4, 0.5) is 0 Å². The first-order chi connectivity index (χ1) is 38.5. The summed E-state index contributed by atoms with van der Waals surface area (Å²) < 4.78 is 54.1. The molecular formula is C63H105N3O16. The van der Waals surface area contributed by atoms with Crippen LogP contribution in [0.2, 0.25) is 0 Å². The molecule has 17 atom stereocenters. The Morgan fingerprint density at radius 3 is 1.96 bits per heavy atom. The molecule has 3 unspecified atom stereocenters. The second kappa shape index (κ2) is 39.4. The van der Waals surface area contributed by atoms with Gasteiger partial charge < -0.3 is 47.5 Å². The molecule has 0 fully saturated rings. The maximum absolute atomic E-state index is 13.9. The normalized spacial score (nSPS) is 27.2. The minimum Gasteiger partial charge on any atom is -0.462 e. The smallest absolute Gasteiger partial charge is 0.331 e. The summed E-state index contributed by atoms with van der Waals surface area (Å²) in [6, 6.07) is -1.30. The number of esters is 6. The number of likely N-dealkylation sites (N-methyl/N-ethyl adjacent to an activating group) is 2. The minimum atomic E-state index is -0.818. The van der Waals surface area contributed by atoms with E-state index in [1.807, 2.05) is 53.7 Å². The van der Waals surface area contributed by atoms with Gasteiger partial charge in [-0.15, -0.1) is 0 Å². The van der Waals surface area contributed by atoms with E-state index in [9.17, 15) is 33.6 Å². The Balaban J connectivity index is 3.96. The number of nitrogens with zero attached hydrogens (tertiary/aromatic N) is 3. The van der Waals surface area contributed by atoms with Gasteiger partial charge in [-0.1, -0.05) is 91.0 Å². The summed E-state index contributed by atoms with van der Waals surface area (Å²) in [5.74, 6) is -5.46. The van der Waals surface area contributed by atoms with Gasteiger partial charge in [-0.2, -0.15) is 0 Å². The summed E-state index contributed by atoms with van der Waals surface area (Å²) in [6.45, 7) is 21.5. The molecule has 19 nitrogen and oxygen atoms in total. The Labute approximate surface area is 491 Å². The van der Waals surface area contributed by atoms with E-state index in [1.165, 1.54) is 44.9 Å². The Hall–Kier alpha value is -5.21. The second-order valence-corrected chi connectivity index (χ2v) is 23.1. The molecule has 0 aromatic heterocycles. The van der Waals surface area contributed by atoms with Gasteiger partial charge >= 0.3 is 35.8 Å². The van der Waals surface area contributed by atoms with Gasteiger partial charge in [0.1, 0.15) is 48.7 Å². The van der Waals surface area contributed by atoms with Gasteiger partial charge in [-0.3, -0.25) is 38.6 Å². The fourth-order valence-corrected chi connectivity index (χ4v) is 10.2. The molecule has 0 aromatic carbocycles. The molecule has 0 bridgehead atoms. The van der Waals surface area contributed by atoms with E-state index in [1.54, 1.807) is 90.6 Å². The van der Waals surface area contributed by atoms with Gasteiger partial charge in [0.25, 0.3) is 0 Å². The summed E-state index contributed by atoms with van der Waals surface area (Å²) in [4.78, 5) is 95.8. The van der Waals surface area contributed by atoms with Gasteiger partial charge in [0.15, 0.2) is 0 Å². The molecule has 1 amide bonds. The molecule has 0 saturated carbocycles. The Bertz CT molecular complexity index is 2110. The largest absolute Gasteiger partial charge is 0.462 e. The lowest BCUT2D eigenvalue weighted by molar-refractivity contribution is -0.169. The van der Waals surface area contributed by atoms with Gasteiger partial charge in [0.2, 0.25) is 6.41 Å². The molecule has 0 aliphatic carbocycles. The molecule has 0 radical (unpaired) electrons. The third-order valence-electron chi connectivity index (χ3n) is 15.7. The maximum atomic E-state index is 13.9. The van der Waals surface area contributed by atoms with E-state index < -0.39 is 108 Å². The summed E-state index contributed by atoms with van der Waals surface area (Å²) in [5, 5.41) is 0. The quantitative estimate of drug-likeness (QED) is 0.0361. The zero-order valence-electron chi connectivity index (χ0n) is 53.3. The van der Waals surface area contributed by atoms with Gasteiger partial charge in [0.05, 0.1) is 18.8 Å². The molecule has 0 saturated heterocycles. The first-order valence-electron chi connectivity index (χ1n) is 29.1.